The molecule has 0 radical (unpaired) electrons. The summed E-state index contributed by atoms with van der Waals surface area (Å²) < 4.78 is 15.3. The molecule has 16 heteroatoms. The normalized spacial score (nSPS) is 9.78. The van der Waals surface area contributed by atoms with Crippen molar-refractivity contribution < 1.29 is 148 Å². The minimum absolute atomic E-state index is 0. The second-order valence-corrected chi connectivity index (χ2v) is 11.4. The molecular weight excluding hydrogens is 827 g/mol. The Morgan fingerprint density at radius 3 is 1.47 bits per heavy atom. The van der Waals surface area contributed by atoms with E-state index in [-0.39, 0.29) is 128 Å². The molecule has 0 unspecified atom stereocenters. The summed E-state index contributed by atoms with van der Waals surface area (Å²) in [6.45, 7) is 16.2. The van der Waals surface area contributed by atoms with E-state index in [1.807, 2.05) is 65.8 Å². The Bertz CT molecular complexity index is 1820. The quantitative estimate of drug-likeness (QED) is 0.0416. The van der Waals surface area contributed by atoms with Crippen molar-refractivity contribution in [1.82, 2.24) is 19.9 Å². The zero-order valence-corrected chi connectivity index (χ0v) is 41.0. The van der Waals surface area contributed by atoms with Crippen LogP contribution in [0.25, 0.3) is 12.2 Å². The van der Waals surface area contributed by atoms with Gasteiger partial charge in [-0.3, -0.25) is 24.7 Å². The summed E-state index contributed by atoms with van der Waals surface area (Å²) in [7, 11) is 0. The van der Waals surface area contributed by atoms with Gasteiger partial charge in [-0.05, 0) is 103 Å². The molecule has 0 aliphatic heterocycles. The number of benzene rings is 2. The summed E-state index contributed by atoms with van der Waals surface area (Å²) in [5.41, 5.74) is 9.41. The first kappa shape index (κ1) is 54.9. The van der Waals surface area contributed by atoms with E-state index < -0.39 is 0 Å². The van der Waals surface area contributed by atoms with Gasteiger partial charge >= 0.3 is 115 Å². The number of ether oxygens (including phenoxy) is 3. The van der Waals surface area contributed by atoms with Crippen molar-refractivity contribution >= 4 is 46.5 Å². The summed E-state index contributed by atoms with van der Waals surface area (Å²) in [6, 6.07) is 14.0. The monoisotopic (exact) mass is 872 g/mol. The van der Waals surface area contributed by atoms with Crippen molar-refractivity contribution in [2.45, 2.75) is 67.3 Å². The molecule has 2 aromatic carbocycles. The third-order valence-electron chi connectivity index (χ3n) is 6.87. The Morgan fingerprint density at radius 2 is 1.07 bits per heavy atom. The topological polar surface area (TPSA) is 183 Å². The van der Waals surface area contributed by atoms with Gasteiger partial charge in [0.25, 0.3) is 6.47 Å². The molecule has 0 atom stereocenters. The number of hydrogen-bond acceptors (Lipinski definition) is 13. The van der Waals surface area contributed by atoms with Crippen LogP contribution in [0.2, 0.25) is 0 Å². The van der Waals surface area contributed by atoms with Gasteiger partial charge in [-0.2, -0.15) is 0 Å². The fourth-order valence-corrected chi connectivity index (χ4v) is 4.44. The Balaban J connectivity index is -0.000000751. The summed E-state index contributed by atoms with van der Waals surface area (Å²) >= 11 is 3.36. The largest absolute Gasteiger partial charge is 1.00 e. The van der Waals surface area contributed by atoms with Gasteiger partial charge in [0.1, 0.15) is 18.1 Å². The van der Waals surface area contributed by atoms with Gasteiger partial charge in [0, 0.05) is 17.5 Å². The fraction of sp³-hybridized carbons (Fsp3) is 0.308. The number of alkyl halides is 1. The maximum Gasteiger partial charge on any atom is 1.00 e. The van der Waals surface area contributed by atoms with Gasteiger partial charge in [0.05, 0.1) is 58.8 Å². The van der Waals surface area contributed by atoms with Crippen molar-refractivity contribution in [3.8, 4) is 11.5 Å². The molecule has 55 heavy (non-hydrogen) atoms. The zero-order valence-electron chi connectivity index (χ0n) is 34.2. The average molecular weight is 874 g/mol. The minimum atomic E-state index is -0.361. The summed E-state index contributed by atoms with van der Waals surface area (Å²) in [4.78, 5) is 51.2. The molecule has 286 valence electrons. The molecule has 4 rings (SSSR count). The van der Waals surface area contributed by atoms with Crippen molar-refractivity contribution in [2.24, 2.45) is 0 Å². The Hall–Kier alpha value is -2.20. The van der Waals surface area contributed by atoms with E-state index in [4.69, 9.17) is 29.4 Å². The van der Waals surface area contributed by atoms with Crippen LogP contribution in [0.4, 0.5) is 0 Å². The SMILES string of the molecule is CCOC(=O)/C=C\c1ccc(O)cc1.CCOC(=O)/C=C\c1ccc(OCc2nc(C)c(C)nc2C)cc1.Cc1nc(C)c(CBr)nc1C.O=CO[O-].[H-].[K+].[K+]. The maximum atomic E-state index is 11.3. The van der Waals surface area contributed by atoms with Crippen LogP contribution >= 0.6 is 15.9 Å². The third kappa shape index (κ3) is 23.6. The van der Waals surface area contributed by atoms with Crippen molar-refractivity contribution in [1.29, 1.82) is 0 Å². The molecule has 2 aromatic heterocycles. The number of aromatic nitrogens is 4. The number of esters is 2. The van der Waals surface area contributed by atoms with Crippen LogP contribution in [0, 0.1) is 41.5 Å². The summed E-state index contributed by atoms with van der Waals surface area (Å²) in [5, 5.41) is 18.2. The van der Waals surface area contributed by atoms with Gasteiger partial charge in [-0.25, -0.2) is 9.59 Å². The Labute approximate surface area is 418 Å². The van der Waals surface area contributed by atoms with Crippen LogP contribution < -0.4 is 113 Å². The molecule has 0 bridgehead atoms. The number of rotatable bonds is 11. The van der Waals surface area contributed by atoms with Gasteiger partial charge in [-0.15, -0.1) is 0 Å². The predicted octanol–water partition coefficient (Wildman–Crippen LogP) is 0.378. The van der Waals surface area contributed by atoms with E-state index in [1.165, 1.54) is 12.2 Å². The third-order valence-corrected chi connectivity index (χ3v) is 7.40. The molecule has 0 saturated heterocycles. The molecule has 13 nitrogen and oxygen atoms in total. The van der Waals surface area contributed by atoms with Gasteiger partial charge in [-0.1, -0.05) is 40.2 Å². The van der Waals surface area contributed by atoms with E-state index in [2.05, 4.69) is 40.8 Å². The van der Waals surface area contributed by atoms with E-state index >= 15 is 0 Å². The van der Waals surface area contributed by atoms with Crippen molar-refractivity contribution in [2.75, 3.05) is 13.2 Å². The standard InChI is InChI=1S/C19H22N2O3.C11H12O3.C8H11BrN2.CH2O3.2K.H/c1-5-23-19(22)11-8-16-6-9-17(10-7-16)24-12-18-15(4)20-13(2)14(3)21-18;1-2-14-11(13)8-5-9-3-6-10(12)7-4-9;1-5-6(2)11-8(4-9)7(3)10-5;2-1-4-3;;;/h6-11H,5,12H2,1-4H3;3-8,12H,2H2,1H3;4H2,1-3H3;1,3H;;;/q;;;;2*+1;-1/p-1/b11-8-;8-5-;;;;;. The second kappa shape index (κ2) is 31.8. The molecule has 2 heterocycles. The van der Waals surface area contributed by atoms with E-state index in [9.17, 15) is 9.59 Å². The molecule has 0 amide bonds. The first-order valence-electron chi connectivity index (χ1n) is 16.4. The van der Waals surface area contributed by atoms with Crippen LogP contribution in [0.5, 0.6) is 11.5 Å². The summed E-state index contributed by atoms with van der Waals surface area (Å²) in [5.74, 6) is 0.239. The maximum absolute atomic E-state index is 11.3. The molecule has 0 aliphatic rings. The van der Waals surface area contributed by atoms with Crippen LogP contribution in [-0.2, 0) is 40.7 Å². The van der Waals surface area contributed by atoms with Gasteiger partial charge in [0.2, 0.25) is 0 Å². The average Bonchev–Trinajstić information content (AvgIpc) is 3.14. The molecule has 0 spiro atoms. The van der Waals surface area contributed by atoms with Crippen LogP contribution in [0.1, 0.15) is 72.0 Å². The van der Waals surface area contributed by atoms with E-state index in [1.54, 1.807) is 50.3 Å². The van der Waals surface area contributed by atoms with Crippen LogP contribution in [0.15, 0.2) is 60.7 Å². The molecule has 0 aliphatic carbocycles. The van der Waals surface area contributed by atoms with Crippen molar-refractivity contribution in [3.63, 3.8) is 0 Å². The number of carbonyl (C=O) groups is 3. The first-order valence-corrected chi connectivity index (χ1v) is 17.5. The van der Waals surface area contributed by atoms with Crippen LogP contribution in [0.3, 0.4) is 0 Å². The number of nitrogens with zero attached hydrogens (tertiary/aromatic N) is 4. The van der Waals surface area contributed by atoms with E-state index in [0.717, 1.165) is 67.8 Å². The number of aryl methyl sites for hydroxylation is 6. The summed E-state index contributed by atoms with van der Waals surface area (Å²) in [6.07, 6.45) is 6.11. The minimum Gasteiger partial charge on any atom is -1.00 e. The number of halogens is 1. The second-order valence-electron chi connectivity index (χ2n) is 10.8. The molecular formula is C39H47BrK2N4O9. The molecule has 4 aromatic rings. The number of carbonyl (C=O) groups excluding carboxylic acids is 3. The van der Waals surface area contributed by atoms with Crippen LogP contribution in [-0.4, -0.2) is 56.7 Å². The Morgan fingerprint density at radius 1 is 0.691 bits per heavy atom. The number of phenolic OH excluding ortho intramolecular Hbond substituents is 1. The van der Waals surface area contributed by atoms with Gasteiger partial charge in [0.15, 0.2) is 0 Å². The van der Waals surface area contributed by atoms with Crippen molar-refractivity contribution in [3.05, 3.63) is 117 Å². The predicted molar refractivity (Wildman–Crippen MR) is 204 cm³/mol. The number of phenols is 1. The smallest absolute Gasteiger partial charge is 1.00 e. The fourth-order valence-electron chi connectivity index (χ4n) is 3.91. The zero-order chi connectivity index (χ0) is 39.8. The van der Waals surface area contributed by atoms with Gasteiger partial charge < -0.3 is 30.9 Å². The molecule has 1 N–H and O–H groups in total. The molecule has 0 saturated carbocycles. The molecule has 0 fully saturated rings. The first-order chi connectivity index (χ1) is 25.3. The van der Waals surface area contributed by atoms with E-state index in [0.29, 0.717) is 19.8 Å². The number of hydrogen-bond donors (Lipinski definition) is 1. The Kier molecular flexibility index (Phi) is 31.8. The number of aromatic hydroxyl groups is 1.